The molecule has 2 aromatic rings. The maximum absolute atomic E-state index is 13.9. The number of fused-ring (bicyclic) bond motifs is 14. The Kier molecular flexibility index (Phi) is 13.4. The van der Waals surface area contributed by atoms with Crippen molar-refractivity contribution >= 4 is 34.1 Å². The van der Waals surface area contributed by atoms with E-state index in [0.29, 0.717) is 0 Å². The average Bonchev–Trinajstić information content (AvgIpc) is 3.34. The van der Waals surface area contributed by atoms with E-state index in [0.717, 1.165) is 6.07 Å². The molecule has 0 unspecified atom stereocenters. The van der Waals surface area contributed by atoms with Crippen LogP contribution in [0.15, 0.2) is 42.2 Å². The molecule has 272 valence electrons. The van der Waals surface area contributed by atoms with Crippen molar-refractivity contribution in [3.8, 4) is 23.0 Å². The number of Topliss-reactive ketones (excluding diaryl/α,β-unsaturated/α-hetero) is 1. The molecule has 1 amide bonds. The van der Waals surface area contributed by atoms with Crippen LogP contribution in [0.1, 0.15) is 57.5 Å². The molecule has 0 saturated heterocycles. The first-order valence-electron chi connectivity index (χ1n) is 16.3. The number of carbonyl (C=O) groups is 3. The number of aromatic hydroxyl groups is 2. The Labute approximate surface area is 319 Å². The van der Waals surface area contributed by atoms with Crippen LogP contribution in [0.5, 0.6) is 23.0 Å². The van der Waals surface area contributed by atoms with Gasteiger partial charge in [0.25, 0.3) is 11.7 Å². The Balaban J connectivity index is 0.00000702. The standard InChI is InChI=1S/C37H47NO12.Na/c1-16-11-10-12-17(2)35(45)38-22-15-23(39)26-27(32(22)43)31(42)21(6)33-28(26)34(44)37(7,50-33)49-14-13-24(47-8)18(3)25(36(46)48-9)19(4)30(41)20(5)29(16)40;/h10-16,18-20,24-25,29-30,39-43H,1-9H3,(H,38,45);/q;+1/p-1/b11-10+,14-13+,17-12-;/t16-,18+,19-,20-,24+,25+,29-,30-,37+;/m1./s1. The Morgan fingerprint density at radius 3 is 2.24 bits per heavy atom. The number of allylic oxidation sites excluding steroid dienone is 2. The minimum Gasteiger partial charge on any atom is -0.872 e. The van der Waals surface area contributed by atoms with E-state index in [1.807, 2.05) is 0 Å². The third-order valence-corrected chi connectivity index (χ3v) is 10.1. The molecule has 13 nitrogen and oxygen atoms in total. The zero-order chi connectivity index (χ0) is 37.4. The topological polar surface area (TPSA) is 204 Å². The van der Waals surface area contributed by atoms with Crippen molar-refractivity contribution in [2.45, 2.75) is 72.6 Å². The first-order valence-corrected chi connectivity index (χ1v) is 16.3. The molecule has 3 heterocycles. The molecule has 3 aliphatic rings. The number of anilines is 1. The maximum atomic E-state index is 13.9. The number of hydrogen-bond donors (Lipinski definition) is 5. The number of carbonyl (C=O) groups excluding carboxylic acids is 3. The van der Waals surface area contributed by atoms with Crippen molar-refractivity contribution in [2.75, 3.05) is 19.5 Å². The number of methoxy groups -OCH3 is 2. The number of esters is 1. The molecule has 3 aliphatic heterocycles. The second-order valence-electron chi connectivity index (χ2n) is 13.4. The van der Waals surface area contributed by atoms with Crippen molar-refractivity contribution in [2.24, 2.45) is 29.6 Å². The summed E-state index contributed by atoms with van der Waals surface area (Å²) >= 11 is 0. The van der Waals surface area contributed by atoms with Gasteiger partial charge in [-0.1, -0.05) is 51.7 Å². The molecule has 9 atom stereocenters. The summed E-state index contributed by atoms with van der Waals surface area (Å²) in [5.74, 6) is -9.57. The molecule has 5 bridgehead atoms. The van der Waals surface area contributed by atoms with E-state index in [-0.39, 0.29) is 68.5 Å². The molecule has 5 N–H and O–H groups in total. The van der Waals surface area contributed by atoms with Crippen LogP contribution in [0.3, 0.4) is 0 Å². The van der Waals surface area contributed by atoms with E-state index >= 15 is 0 Å². The third-order valence-electron chi connectivity index (χ3n) is 10.1. The Hall–Kier alpha value is -3.59. The number of ether oxygens (including phenoxy) is 4. The summed E-state index contributed by atoms with van der Waals surface area (Å²) in [4.78, 5) is 40.1. The molecule has 0 aromatic heterocycles. The van der Waals surface area contributed by atoms with Gasteiger partial charge in [-0.15, -0.1) is 0 Å². The van der Waals surface area contributed by atoms with Crippen molar-refractivity contribution < 1.29 is 88.4 Å². The summed E-state index contributed by atoms with van der Waals surface area (Å²) < 4.78 is 22.5. The van der Waals surface area contributed by atoms with Crippen LogP contribution in [0.2, 0.25) is 0 Å². The molecule has 2 aromatic carbocycles. The van der Waals surface area contributed by atoms with Crippen molar-refractivity contribution in [1.82, 2.24) is 0 Å². The summed E-state index contributed by atoms with van der Waals surface area (Å²) in [5, 5.41) is 60.3. The first-order chi connectivity index (χ1) is 23.4. The van der Waals surface area contributed by atoms with E-state index in [9.17, 15) is 39.9 Å². The predicted molar refractivity (Wildman–Crippen MR) is 182 cm³/mol. The van der Waals surface area contributed by atoms with Crippen molar-refractivity contribution in [1.29, 1.82) is 0 Å². The van der Waals surface area contributed by atoms with Gasteiger partial charge < -0.3 is 49.8 Å². The van der Waals surface area contributed by atoms with Gasteiger partial charge in [-0.25, -0.2) is 0 Å². The molecule has 0 radical (unpaired) electrons. The van der Waals surface area contributed by atoms with Gasteiger partial charge in [0.15, 0.2) is 0 Å². The zero-order valence-corrected chi connectivity index (χ0v) is 32.6. The normalized spacial score (nSPS) is 32.6. The van der Waals surface area contributed by atoms with Crippen LogP contribution in [0.4, 0.5) is 5.69 Å². The molecule has 0 saturated carbocycles. The minimum absolute atomic E-state index is 0. The second-order valence-corrected chi connectivity index (χ2v) is 13.4. The summed E-state index contributed by atoms with van der Waals surface area (Å²) in [6.45, 7) is 11.0. The van der Waals surface area contributed by atoms with Crippen LogP contribution in [-0.4, -0.2) is 76.4 Å². The molecule has 5 rings (SSSR count). The smallest absolute Gasteiger partial charge is 0.872 e. The maximum Gasteiger partial charge on any atom is 1.00 e. The van der Waals surface area contributed by atoms with Gasteiger partial charge in [-0.2, -0.15) is 0 Å². The number of hydrogen-bond acceptors (Lipinski definition) is 12. The van der Waals surface area contributed by atoms with Gasteiger partial charge in [-0.3, -0.25) is 14.4 Å². The number of nitrogens with one attached hydrogen (secondary N) is 1. The number of ketones is 1. The fraction of sp³-hybridized carbons (Fsp3) is 0.486. The fourth-order valence-corrected chi connectivity index (χ4v) is 6.83. The minimum atomic E-state index is -2.02. The SMILES string of the molecule is COC(=O)[C@H]1[C@@H](C)[C@@H](OC)/C=C/O[C@@]2(C)Oc3c(C)c([O-])c4c(O)c(cc(O)c4c3C2=O)NC(=O)/C(C)=C\C=C\[C@@H](C)[C@@H](O)[C@@H](C)[C@H](O)[C@@H]1C.[Na+]. The number of rotatable bonds is 2. The van der Waals surface area contributed by atoms with E-state index in [1.165, 1.54) is 53.4 Å². The summed E-state index contributed by atoms with van der Waals surface area (Å²) in [6, 6.07) is 1.03. The van der Waals surface area contributed by atoms with Gasteiger partial charge >= 0.3 is 41.3 Å². The monoisotopic (exact) mass is 719 g/mol. The van der Waals surface area contributed by atoms with E-state index in [1.54, 1.807) is 39.8 Å². The van der Waals surface area contributed by atoms with Crippen molar-refractivity contribution in [3.63, 3.8) is 0 Å². The van der Waals surface area contributed by atoms with E-state index < -0.39 is 88.6 Å². The number of phenols is 2. The van der Waals surface area contributed by atoms with Crippen LogP contribution in [0.25, 0.3) is 10.8 Å². The Morgan fingerprint density at radius 1 is 0.980 bits per heavy atom. The number of phenolic OH excluding ortho intramolecular Hbond substituents is 2. The third kappa shape index (κ3) is 7.79. The van der Waals surface area contributed by atoms with Crippen LogP contribution in [0, 0.1) is 36.5 Å². The average molecular weight is 720 g/mol. The van der Waals surface area contributed by atoms with Gasteiger partial charge in [0.1, 0.15) is 17.2 Å². The van der Waals surface area contributed by atoms with Gasteiger partial charge in [-0.05, 0) is 37.3 Å². The molecule has 0 aliphatic carbocycles. The Bertz CT molecular complexity index is 1770. The van der Waals surface area contributed by atoms with E-state index in [4.69, 9.17) is 18.9 Å². The molecular formula is C37H46NNaO12. The van der Waals surface area contributed by atoms with Crippen LogP contribution < -0.4 is 44.7 Å². The number of aliphatic hydroxyl groups is 2. The Morgan fingerprint density at radius 2 is 1.63 bits per heavy atom. The van der Waals surface area contributed by atoms with Gasteiger partial charge in [0.05, 0.1) is 48.9 Å². The number of amides is 1. The molecule has 0 fully saturated rings. The van der Waals surface area contributed by atoms with E-state index in [2.05, 4.69) is 5.32 Å². The zero-order valence-electron chi connectivity index (χ0n) is 30.6. The molecule has 0 spiro atoms. The number of benzene rings is 2. The van der Waals surface area contributed by atoms with Crippen LogP contribution in [-0.2, 0) is 23.8 Å². The van der Waals surface area contributed by atoms with Gasteiger partial charge in [0, 0.05) is 48.3 Å². The van der Waals surface area contributed by atoms with Crippen molar-refractivity contribution in [3.05, 3.63) is 53.3 Å². The summed E-state index contributed by atoms with van der Waals surface area (Å²) in [7, 11) is 2.65. The van der Waals surface area contributed by atoms with Gasteiger partial charge in [0.2, 0.25) is 0 Å². The quantitative estimate of drug-likeness (QED) is 0.128. The second kappa shape index (κ2) is 16.4. The predicted octanol–water partition coefficient (Wildman–Crippen LogP) is 0.984. The summed E-state index contributed by atoms with van der Waals surface area (Å²) in [5.41, 5.74) is -0.311. The van der Waals surface area contributed by atoms with Crippen LogP contribution >= 0.6 is 0 Å². The molecule has 14 heteroatoms. The summed E-state index contributed by atoms with van der Waals surface area (Å²) in [6.07, 6.45) is 4.31. The first kappa shape index (κ1) is 41.8. The molecule has 51 heavy (non-hydrogen) atoms. The fourth-order valence-electron chi connectivity index (χ4n) is 6.83. The largest absolute Gasteiger partial charge is 1.00 e. The molecular weight excluding hydrogens is 673 g/mol. The number of aliphatic hydroxyl groups excluding tert-OH is 2.